The van der Waals surface area contributed by atoms with Crippen LogP contribution in [-0.4, -0.2) is 51.5 Å². The summed E-state index contributed by atoms with van der Waals surface area (Å²) in [5, 5.41) is 8.59. The van der Waals surface area contributed by atoms with Crippen molar-refractivity contribution in [1.29, 1.82) is 0 Å². The number of rotatable bonds is 9. The molecule has 1 N–H and O–H groups in total. The van der Waals surface area contributed by atoms with E-state index in [4.69, 9.17) is 9.84 Å². The summed E-state index contributed by atoms with van der Waals surface area (Å²) in [6, 6.07) is 0. The molecule has 0 spiro atoms. The van der Waals surface area contributed by atoms with Crippen LogP contribution in [0.4, 0.5) is 0 Å². The van der Waals surface area contributed by atoms with Crippen LogP contribution in [-0.2, 0) is 27.9 Å². The summed E-state index contributed by atoms with van der Waals surface area (Å²) in [5.41, 5.74) is 0. The lowest BCUT2D eigenvalue weighted by Gasteiger charge is -2.22. The van der Waals surface area contributed by atoms with E-state index in [-0.39, 0.29) is 13.2 Å². The number of unbranched alkanes of at least 4 members (excludes halogenated alkanes) is 1. The van der Waals surface area contributed by atoms with Crippen LogP contribution in [0.15, 0.2) is 0 Å². The van der Waals surface area contributed by atoms with Gasteiger partial charge in [-0.05, 0) is 12.8 Å². The number of aliphatic hydroxyl groups is 1. The van der Waals surface area contributed by atoms with Gasteiger partial charge in [-0.15, -0.1) is 0 Å². The van der Waals surface area contributed by atoms with Crippen molar-refractivity contribution < 1.29 is 33.0 Å². The maximum Gasteiger partial charge on any atom is 0.370 e. The molecule has 0 saturated carbocycles. The van der Waals surface area contributed by atoms with Crippen molar-refractivity contribution in [3.05, 3.63) is 0 Å². The molecule has 0 aliphatic heterocycles. The van der Waals surface area contributed by atoms with Gasteiger partial charge in [0.15, 0.2) is 0 Å². The molecule has 1 atom stereocenters. The van der Waals surface area contributed by atoms with Gasteiger partial charge in [-0.3, -0.25) is 4.57 Å². The van der Waals surface area contributed by atoms with Gasteiger partial charge in [0.25, 0.3) is 5.85 Å². The van der Waals surface area contributed by atoms with Crippen LogP contribution in [0.1, 0.15) is 12.8 Å². The number of carbonyl (C=O) groups excluding carboxylic acids is 1. The third-order valence-electron chi connectivity index (χ3n) is 2.03. The summed E-state index contributed by atoms with van der Waals surface area (Å²) >= 11 is 0. The molecule has 0 radical (unpaired) electrons. The molecule has 0 aromatic rings. The van der Waals surface area contributed by atoms with Gasteiger partial charge >= 0.3 is 13.6 Å². The third kappa shape index (κ3) is 5.14. The Labute approximate surface area is 101 Å². The summed E-state index contributed by atoms with van der Waals surface area (Å²) in [5.74, 6) is -2.22. The van der Waals surface area contributed by atoms with Crippen molar-refractivity contribution >= 4 is 13.6 Å². The first kappa shape index (κ1) is 16.5. The van der Waals surface area contributed by atoms with Crippen molar-refractivity contribution in [2.45, 2.75) is 18.7 Å². The smallest absolute Gasteiger partial charge is 0.370 e. The molecule has 0 heterocycles. The molecular formula is C9H19O7P. The second kappa shape index (κ2) is 8.60. The Morgan fingerprint density at radius 1 is 1.24 bits per heavy atom. The molecule has 0 rings (SSSR count). The summed E-state index contributed by atoms with van der Waals surface area (Å²) in [7, 11) is -0.189. The first-order chi connectivity index (χ1) is 8.05. The molecule has 0 aromatic heterocycles. The van der Waals surface area contributed by atoms with E-state index in [0.29, 0.717) is 12.8 Å². The monoisotopic (exact) mass is 270 g/mol. The fraction of sp³-hybridized carbons (Fsp3) is 0.889. The third-order valence-corrected chi connectivity index (χ3v) is 3.98. The van der Waals surface area contributed by atoms with Crippen LogP contribution >= 0.6 is 7.60 Å². The van der Waals surface area contributed by atoms with Gasteiger partial charge < -0.3 is 23.6 Å². The molecular weight excluding hydrogens is 251 g/mol. The van der Waals surface area contributed by atoms with E-state index in [1.54, 1.807) is 0 Å². The summed E-state index contributed by atoms with van der Waals surface area (Å²) < 4.78 is 31.0. The number of esters is 1. The maximum absolute atomic E-state index is 12.0. The van der Waals surface area contributed by atoms with Gasteiger partial charge in [-0.25, -0.2) is 4.79 Å². The minimum atomic E-state index is -3.67. The summed E-state index contributed by atoms with van der Waals surface area (Å²) in [4.78, 5) is 11.4. The minimum absolute atomic E-state index is 0.0263. The van der Waals surface area contributed by atoms with Crippen molar-refractivity contribution in [2.24, 2.45) is 0 Å². The number of carbonyl (C=O) groups is 1. The Morgan fingerprint density at radius 2 is 1.82 bits per heavy atom. The van der Waals surface area contributed by atoms with Gasteiger partial charge in [0.2, 0.25) is 0 Å². The number of hydrogen-bond donors (Lipinski definition) is 1. The van der Waals surface area contributed by atoms with E-state index >= 15 is 0 Å². The van der Waals surface area contributed by atoms with Gasteiger partial charge in [0.05, 0.1) is 7.11 Å². The highest BCUT2D eigenvalue weighted by Crippen LogP contribution is 2.52. The first-order valence-corrected chi connectivity index (χ1v) is 6.68. The van der Waals surface area contributed by atoms with Crippen LogP contribution in [0.25, 0.3) is 0 Å². The second-order valence-corrected chi connectivity index (χ2v) is 5.36. The lowest BCUT2D eigenvalue weighted by atomic mass is 10.3. The molecule has 0 saturated heterocycles. The summed E-state index contributed by atoms with van der Waals surface area (Å²) in [6.07, 6.45) is 1.05. The Morgan fingerprint density at radius 3 is 2.24 bits per heavy atom. The van der Waals surface area contributed by atoms with Gasteiger partial charge in [0, 0.05) is 27.4 Å². The molecule has 0 bridgehead atoms. The van der Waals surface area contributed by atoms with Gasteiger partial charge in [-0.2, -0.15) is 0 Å². The summed E-state index contributed by atoms with van der Waals surface area (Å²) in [6.45, 7) is 0.176. The topological polar surface area (TPSA) is 91.3 Å². The predicted octanol–water partition coefficient (Wildman–Crippen LogP) is 0.760. The highest BCUT2D eigenvalue weighted by Gasteiger charge is 2.42. The van der Waals surface area contributed by atoms with Crippen LogP contribution < -0.4 is 0 Å². The van der Waals surface area contributed by atoms with E-state index in [0.717, 1.165) is 21.3 Å². The Hall–Kier alpha value is -0.460. The fourth-order valence-corrected chi connectivity index (χ4v) is 2.25. The lowest BCUT2D eigenvalue weighted by molar-refractivity contribution is -0.149. The molecule has 0 fully saturated rings. The lowest BCUT2D eigenvalue weighted by Crippen LogP contribution is -2.27. The minimum Gasteiger partial charge on any atom is -0.467 e. The Kier molecular flexibility index (Phi) is 8.37. The van der Waals surface area contributed by atoms with E-state index in [1.807, 2.05) is 0 Å². The fourth-order valence-electron chi connectivity index (χ4n) is 1.06. The average molecular weight is 270 g/mol. The average Bonchev–Trinajstić information content (AvgIpc) is 2.37. The second-order valence-electron chi connectivity index (χ2n) is 3.08. The zero-order valence-corrected chi connectivity index (χ0v) is 11.1. The molecule has 7 nitrogen and oxygen atoms in total. The number of hydrogen-bond acceptors (Lipinski definition) is 7. The van der Waals surface area contributed by atoms with Crippen LogP contribution in [0.5, 0.6) is 0 Å². The molecule has 8 heteroatoms. The van der Waals surface area contributed by atoms with E-state index < -0.39 is 19.4 Å². The molecule has 0 aromatic carbocycles. The predicted molar refractivity (Wildman–Crippen MR) is 59.7 cm³/mol. The van der Waals surface area contributed by atoms with Crippen LogP contribution in [0, 0.1) is 0 Å². The van der Waals surface area contributed by atoms with E-state index in [9.17, 15) is 9.36 Å². The normalized spacial score (nSPS) is 13.4. The molecule has 17 heavy (non-hydrogen) atoms. The van der Waals surface area contributed by atoms with Crippen LogP contribution in [0.2, 0.25) is 0 Å². The zero-order chi connectivity index (χ0) is 13.3. The van der Waals surface area contributed by atoms with Crippen molar-refractivity contribution in [1.82, 2.24) is 0 Å². The van der Waals surface area contributed by atoms with Crippen molar-refractivity contribution in [3.8, 4) is 0 Å². The van der Waals surface area contributed by atoms with E-state index in [2.05, 4.69) is 13.8 Å². The quantitative estimate of drug-likeness (QED) is 0.375. The molecule has 0 amide bonds. The van der Waals surface area contributed by atoms with Gasteiger partial charge in [-0.1, -0.05) is 0 Å². The molecule has 102 valence electrons. The number of aliphatic hydroxyl groups excluding tert-OH is 1. The maximum atomic E-state index is 12.0. The molecule has 0 aliphatic rings. The highest BCUT2D eigenvalue weighted by molar-refractivity contribution is 7.55. The van der Waals surface area contributed by atoms with Crippen molar-refractivity contribution in [3.63, 3.8) is 0 Å². The zero-order valence-electron chi connectivity index (χ0n) is 10.2. The highest BCUT2D eigenvalue weighted by atomic mass is 31.2. The Bertz CT molecular complexity index is 260. The number of methoxy groups -OCH3 is 1. The number of ether oxygens (including phenoxy) is 2. The first-order valence-electron chi connectivity index (χ1n) is 5.07. The van der Waals surface area contributed by atoms with E-state index in [1.165, 1.54) is 0 Å². The standard InChI is InChI=1S/C9H19O7P/c1-13-8(11)9(16-7-5-4-6-10)17(12,14-2)15-3/h9-10H,4-7H2,1-3H3. The SMILES string of the molecule is COC(=O)C(OCCCCO)P(=O)(OC)OC. The Balaban J connectivity index is 4.54. The van der Waals surface area contributed by atoms with Crippen LogP contribution in [0.3, 0.4) is 0 Å². The molecule has 1 unspecified atom stereocenters. The van der Waals surface area contributed by atoms with Crippen molar-refractivity contribution in [2.75, 3.05) is 34.5 Å². The molecule has 0 aliphatic carbocycles. The largest absolute Gasteiger partial charge is 0.467 e. The van der Waals surface area contributed by atoms with Gasteiger partial charge in [0.1, 0.15) is 0 Å².